The van der Waals surface area contributed by atoms with Crippen LogP contribution in [-0.2, 0) is 0 Å². The van der Waals surface area contributed by atoms with E-state index < -0.39 is 0 Å². The Morgan fingerprint density at radius 2 is 0.732 bits per heavy atom. The van der Waals surface area contributed by atoms with E-state index in [1.807, 2.05) is 48.5 Å². The molecule has 8 aromatic carbocycles. The van der Waals surface area contributed by atoms with E-state index in [9.17, 15) is 0 Å². The van der Waals surface area contributed by atoms with Gasteiger partial charge < -0.3 is 4.42 Å². The van der Waals surface area contributed by atoms with E-state index >= 15 is 0 Å². The summed E-state index contributed by atoms with van der Waals surface area (Å²) >= 11 is 0. The Bertz CT molecular complexity index is 3110. The lowest BCUT2D eigenvalue weighted by Gasteiger charge is -2.31. The van der Waals surface area contributed by atoms with Crippen molar-refractivity contribution in [3.05, 3.63) is 78.9 Å². The monoisotopic (exact) mass is 676 g/mol. The highest BCUT2D eigenvalue weighted by Crippen LogP contribution is 2.42. The van der Waals surface area contributed by atoms with Gasteiger partial charge in [0.25, 0.3) is 0 Å². The third kappa shape index (κ3) is 5.06. The summed E-state index contributed by atoms with van der Waals surface area (Å²) in [6.07, 6.45) is 0. The van der Waals surface area contributed by atoms with Gasteiger partial charge in [0, 0.05) is 10.8 Å². The Hall–Kier alpha value is -4.82. The van der Waals surface area contributed by atoms with Gasteiger partial charge in [0.2, 0.25) is 0 Å². The van der Waals surface area contributed by atoms with Gasteiger partial charge in [-0.25, -0.2) is 0 Å². The van der Waals surface area contributed by atoms with Crippen molar-refractivity contribution in [2.24, 2.45) is 0 Å². The van der Waals surface area contributed by atoms with Gasteiger partial charge in [-0.3, -0.25) is 0 Å². The highest BCUT2D eigenvalue weighted by atomic mass is 16.3. The molecule has 0 saturated carbocycles. The molecule has 56 heavy (non-hydrogen) atoms. The number of hydrogen-bond acceptors (Lipinski definition) is 1. The maximum Gasteiger partial charge on any atom is 0.136 e. The number of benzene rings is 8. The average molecular weight is 674 g/mol. The Labute approximate surface area is 342 Å². The first-order chi connectivity index (χ1) is 26.7. The summed E-state index contributed by atoms with van der Waals surface area (Å²) in [5.41, 5.74) is 5.54. The van der Waals surface area contributed by atoms with Crippen LogP contribution in [0.5, 0.6) is 0 Å². The minimum Gasteiger partial charge on any atom is -0.456 e. The van der Waals surface area contributed by atoms with E-state index in [0.717, 1.165) is 43.8 Å². The fourth-order valence-electron chi connectivity index (χ4n) is 8.17. The molecule has 226 valence electrons. The first-order valence-electron chi connectivity index (χ1n) is 17.5. The van der Waals surface area contributed by atoms with Crippen LogP contribution in [0.4, 0.5) is 0 Å². The van der Waals surface area contributed by atoms with Crippen LogP contribution in [0.3, 0.4) is 0 Å². The Morgan fingerprint density at radius 3 is 1.25 bits per heavy atom. The van der Waals surface area contributed by atoms with Crippen LogP contribution in [0, 0.1) is 0 Å². The fraction of sp³-hybridized carbons (Fsp3) is 0. The summed E-state index contributed by atoms with van der Waals surface area (Å²) < 4.78 is 6.35. The second kappa shape index (κ2) is 13.1. The molecule has 0 aliphatic heterocycles. The van der Waals surface area contributed by atoms with Gasteiger partial charge in [-0.05, 0) is 83.9 Å². The third-order valence-electron chi connectivity index (χ3n) is 11.1. The van der Waals surface area contributed by atoms with Crippen molar-refractivity contribution in [3.63, 3.8) is 0 Å². The molecule has 0 fully saturated rings. The van der Waals surface area contributed by atoms with Gasteiger partial charge in [-0.2, -0.15) is 0 Å². The summed E-state index contributed by atoms with van der Waals surface area (Å²) in [4.78, 5) is 0. The van der Waals surface area contributed by atoms with E-state index in [1.165, 1.54) is 0 Å². The molecule has 0 aliphatic carbocycles. The van der Waals surface area contributed by atoms with Gasteiger partial charge in [0.05, 0.1) is 0 Å². The molecule has 0 amide bonds. The summed E-state index contributed by atoms with van der Waals surface area (Å²) in [6, 6.07) is 26.3. The van der Waals surface area contributed by atoms with Gasteiger partial charge in [-0.15, -0.1) is 38.2 Å². The molecule has 9 aromatic rings. The molecular weight excluding hydrogens is 661 g/mol. The summed E-state index contributed by atoms with van der Waals surface area (Å²) in [7, 11) is 86.1. The van der Waals surface area contributed by atoms with Crippen LogP contribution in [0.1, 0.15) is 0 Å². The minimum absolute atomic E-state index is 0.00424. The van der Waals surface area contributed by atoms with Crippen molar-refractivity contribution in [3.8, 4) is 33.4 Å². The van der Waals surface area contributed by atoms with Crippen molar-refractivity contribution in [2.45, 2.75) is 0 Å². The van der Waals surface area contributed by atoms with Gasteiger partial charge in [0.1, 0.15) is 113 Å². The van der Waals surface area contributed by atoms with Gasteiger partial charge >= 0.3 is 0 Å². The summed E-state index contributed by atoms with van der Waals surface area (Å²) in [5, 5.41) is 5.55. The van der Waals surface area contributed by atoms with Crippen LogP contribution in [-0.4, -0.2) is 102 Å². The standard InChI is InChI=1S/C42H13B13O/c43-30-25-22(15-10-8-14(9-11-15)18-6-3-7-20-23(18)19-12-16-4-1-2-5-17(16)13-21(19)56-20)26-28(33(46)39(52)37(50)31(26)44)24(27(25)32(45)38(51)36(30)49)29-34(47)40(53)42(55)41(54)35(29)48/h1-13H. The maximum absolute atomic E-state index is 6.91. The van der Waals surface area contributed by atoms with Gasteiger partial charge in [0.15, 0.2) is 0 Å². The second-order valence-electron chi connectivity index (χ2n) is 14.1. The lowest BCUT2D eigenvalue weighted by molar-refractivity contribution is 0.669. The topological polar surface area (TPSA) is 13.1 Å². The van der Waals surface area contributed by atoms with Crippen molar-refractivity contribution in [1.82, 2.24) is 0 Å². The smallest absolute Gasteiger partial charge is 0.136 e. The van der Waals surface area contributed by atoms with Crippen molar-refractivity contribution < 1.29 is 4.42 Å². The second-order valence-corrected chi connectivity index (χ2v) is 14.1. The van der Waals surface area contributed by atoms with E-state index in [-0.39, 0.29) is 82.1 Å². The van der Waals surface area contributed by atoms with E-state index in [4.69, 9.17) is 106 Å². The summed E-state index contributed by atoms with van der Waals surface area (Å²) in [5.74, 6) is 0. The maximum atomic E-state index is 6.91. The average Bonchev–Trinajstić information content (AvgIpc) is 3.58. The highest BCUT2D eigenvalue weighted by molar-refractivity contribution is 6.73. The molecule has 0 bridgehead atoms. The lowest BCUT2D eigenvalue weighted by atomic mass is 9.56. The van der Waals surface area contributed by atoms with E-state index in [1.54, 1.807) is 0 Å². The molecule has 0 N–H and O–H groups in total. The van der Waals surface area contributed by atoms with Crippen molar-refractivity contribution in [1.29, 1.82) is 0 Å². The zero-order valence-corrected chi connectivity index (χ0v) is 29.9. The first kappa shape index (κ1) is 36.8. The molecule has 0 aliphatic rings. The van der Waals surface area contributed by atoms with Crippen LogP contribution in [0.25, 0.3) is 87.6 Å². The molecule has 1 aromatic heterocycles. The minimum atomic E-state index is -0.00815. The molecule has 1 nitrogen and oxygen atoms in total. The van der Waals surface area contributed by atoms with Crippen LogP contribution in [0.2, 0.25) is 0 Å². The lowest BCUT2D eigenvalue weighted by Crippen LogP contribution is -2.55. The number of furan rings is 1. The molecule has 14 heteroatoms. The Morgan fingerprint density at radius 1 is 0.304 bits per heavy atom. The zero-order chi connectivity index (χ0) is 39.6. The number of rotatable bonds is 3. The molecule has 0 atom stereocenters. The molecule has 0 spiro atoms. The van der Waals surface area contributed by atoms with Crippen molar-refractivity contribution in [2.75, 3.05) is 0 Å². The molecule has 0 saturated heterocycles. The first-order valence-corrected chi connectivity index (χ1v) is 17.5. The predicted molar refractivity (Wildman–Crippen MR) is 253 cm³/mol. The third-order valence-corrected chi connectivity index (χ3v) is 11.1. The van der Waals surface area contributed by atoms with Crippen LogP contribution in [0.15, 0.2) is 83.3 Å². The Balaban J connectivity index is 1.40. The van der Waals surface area contributed by atoms with Crippen molar-refractivity contribution >= 4 is 227 Å². The predicted octanol–water partition coefficient (Wildman–Crippen LogP) is -3.63. The quantitative estimate of drug-likeness (QED) is 0.140. The number of hydrogen-bond donors (Lipinski definition) is 0. The Kier molecular flexibility index (Phi) is 8.62. The van der Waals surface area contributed by atoms with Crippen LogP contribution >= 0.6 is 0 Å². The largest absolute Gasteiger partial charge is 0.456 e. The van der Waals surface area contributed by atoms with E-state index in [0.29, 0.717) is 32.7 Å². The summed E-state index contributed by atoms with van der Waals surface area (Å²) in [6.45, 7) is 0. The van der Waals surface area contributed by atoms with Gasteiger partial charge in [-0.1, -0.05) is 93.4 Å². The molecular formula is C42H13B13O. The zero-order valence-electron chi connectivity index (χ0n) is 29.9. The normalized spacial score (nSPS) is 11.8. The highest BCUT2D eigenvalue weighted by Gasteiger charge is 2.27. The molecule has 0 unspecified atom stereocenters. The molecule has 9 rings (SSSR count). The molecule has 1 heterocycles. The van der Waals surface area contributed by atoms with Crippen LogP contribution < -0.4 is 71.0 Å². The SMILES string of the molecule is [B]c1c([B])c([B])c(-c2c3c([B])c([B])c([B])c([B])c3c(-c3ccc(-c4cccc5oc6cc7ccccc7cc6c45)cc3)c3c([B])c([B])c([B])c([B])c23)c([B])c1[B]. The van der Waals surface area contributed by atoms with E-state index in [2.05, 4.69) is 30.3 Å². The molecule has 26 radical (unpaired) electrons. The number of fused-ring (bicyclic) bond motifs is 6. The fourth-order valence-corrected chi connectivity index (χ4v) is 8.17.